The fourth-order valence-electron chi connectivity index (χ4n) is 4.00. The number of rotatable bonds is 7. The van der Waals surface area contributed by atoms with E-state index in [-0.39, 0.29) is 10.8 Å². The van der Waals surface area contributed by atoms with Crippen LogP contribution in [-0.4, -0.2) is 24.2 Å². The molecule has 1 N–H and O–H groups in total. The van der Waals surface area contributed by atoms with E-state index in [9.17, 15) is 4.79 Å². The number of benzene rings is 1. The monoisotopic (exact) mass is 383 g/mol. The molecule has 0 aliphatic heterocycles. The number of carboxylic acid groups (broad SMARTS) is 1. The van der Waals surface area contributed by atoms with E-state index in [1.54, 1.807) is 0 Å². The lowest BCUT2D eigenvalue weighted by Crippen LogP contribution is -2.27. The van der Waals surface area contributed by atoms with Crippen molar-refractivity contribution in [2.45, 2.75) is 78.6 Å². The second-order valence-electron chi connectivity index (χ2n) is 9.73. The summed E-state index contributed by atoms with van der Waals surface area (Å²) in [6.45, 7) is 17.4. The van der Waals surface area contributed by atoms with Crippen LogP contribution in [0, 0.1) is 0 Å². The zero-order valence-electron chi connectivity index (χ0n) is 18.7. The van der Waals surface area contributed by atoms with Gasteiger partial charge in [0.25, 0.3) is 0 Å². The molecule has 0 saturated carbocycles. The van der Waals surface area contributed by atoms with Gasteiger partial charge in [-0.25, -0.2) is 4.79 Å². The molecule has 0 bridgehead atoms. The molecule has 1 aromatic rings. The summed E-state index contributed by atoms with van der Waals surface area (Å²) in [5.41, 5.74) is 6.85. The zero-order valence-corrected chi connectivity index (χ0v) is 18.7. The average Bonchev–Trinajstić information content (AvgIpc) is 2.87. The number of carboxylic acids is 1. The zero-order chi connectivity index (χ0) is 21.1. The number of nitrogens with zero attached hydrogens (tertiary/aromatic N) is 1. The molecule has 0 spiro atoms. The van der Waals surface area contributed by atoms with Crippen molar-refractivity contribution in [1.29, 1.82) is 0 Å². The minimum absolute atomic E-state index is 0.108. The lowest BCUT2D eigenvalue weighted by atomic mass is 9.80. The number of allylic oxidation sites excluding steroid dienone is 2. The lowest BCUT2D eigenvalue weighted by molar-refractivity contribution is -0.131. The Morgan fingerprint density at radius 1 is 1.29 bits per heavy atom. The summed E-state index contributed by atoms with van der Waals surface area (Å²) in [4.78, 5) is 13.3. The van der Waals surface area contributed by atoms with Crippen molar-refractivity contribution in [2.24, 2.45) is 0 Å². The van der Waals surface area contributed by atoms with Crippen LogP contribution >= 0.6 is 0 Å². The van der Waals surface area contributed by atoms with Gasteiger partial charge in [-0.2, -0.15) is 0 Å². The molecule has 0 amide bonds. The topological polar surface area (TPSA) is 40.5 Å². The van der Waals surface area contributed by atoms with Crippen molar-refractivity contribution in [3.63, 3.8) is 0 Å². The van der Waals surface area contributed by atoms with Crippen molar-refractivity contribution >= 4 is 11.7 Å². The van der Waals surface area contributed by atoms with Gasteiger partial charge in [-0.3, -0.25) is 0 Å². The highest BCUT2D eigenvalue weighted by Gasteiger charge is 2.34. The van der Waals surface area contributed by atoms with Crippen LogP contribution in [0.1, 0.15) is 78.0 Å². The highest BCUT2D eigenvalue weighted by Crippen LogP contribution is 2.45. The molecule has 3 heteroatoms. The Morgan fingerprint density at radius 2 is 1.96 bits per heavy atom. The molecule has 1 aromatic carbocycles. The first-order valence-electron chi connectivity index (χ1n) is 10.5. The van der Waals surface area contributed by atoms with Crippen LogP contribution in [0.15, 0.2) is 35.9 Å². The van der Waals surface area contributed by atoms with Crippen LogP contribution in [0.4, 0.5) is 5.69 Å². The summed E-state index contributed by atoms with van der Waals surface area (Å²) in [6.07, 6.45) is 8.65. The van der Waals surface area contributed by atoms with Crippen LogP contribution in [-0.2, 0) is 22.0 Å². The number of hydrogen-bond donors (Lipinski definition) is 1. The third-order valence-corrected chi connectivity index (χ3v) is 5.71. The molecule has 1 aliphatic carbocycles. The molecule has 0 radical (unpaired) electrons. The molecule has 0 aromatic heterocycles. The number of aliphatic carboxylic acids is 1. The smallest absolute Gasteiger partial charge is 0.328 e. The van der Waals surface area contributed by atoms with Crippen LogP contribution in [0.2, 0.25) is 0 Å². The first-order chi connectivity index (χ1) is 13.0. The maximum Gasteiger partial charge on any atom is 0.328 e. The molecule has 0 fully saturated rings. The summed E-state index contributed by atoms with van der Waals surface area (Å²) in [5.74, 6) is -0.898. The van der Waals surface area contributed by atoms with E-state index in [0.717, 1.165) is 31.5 Å². The van der Waals surface area contributed by atoms with E-state index in [0.29, 0.717) is 0 Å². The largest absolute Gasteiger partial charge is 0.478 e. The van der Waals surface area contributed by atoms with E-state index in [1.807, 2.05) is 13.0 Å². The first-order valence-corrected chi connectivity index (χ1v) is 10.5. The third-order valence-electron chi connectivity index (χ3n) is 5.71. The third kappa shape index (κ3) is 5.27. The van der Waals surface area contributed by atoms with Gasteiger partial charge in [0.1, 0.15) is 0 Å². The molecule has 28 heavy (non-hydrogen) atoms. The van der Waals surface area contributed by atoms with E-state index < -0.39 is 5.97 Å². The van der Waals surface area contributed by atoms with Gasteiger partial charge in [0.05, 0.1) is 0 Å². The van der Waals surface area contributed by atoms with E-state index in [4.69, 9.17) is 5.11 Å². The summed E-state index contributed by atoms with van der Waals surface area (Å²) in [5, 5.41) is 8.90. The van der Waals surface area contributed by atoms with E-state index in [2.05, 4.69) is 64.7 Å². The van der Waals surface area contributed by atoms with Crippen LogP contribution in [0.25, 0.3) is 0 Å². The second-order valence-corrected chi connectivity index (χ2v) is 9.73. The Labute approximate surface area is 171 Å². The van der Waals surface area contributed by atoms with Crippen molar-refractivity contribution in [3.05, 3.63) is 52.6 Å². The normalized spacial score (nSPS) is 16.5. The van der Waals surface area contributed by atoms with Crippen molar-refractivity contribution in [2.75, 3.05) is 18.0 Å². The Balaban J connectivity index is 2.45. The summed E-state index contributed by atoms with van der Waals surface area (Å²) < 4.78 is 0. The molecular formula is C25H37NO2. The fourth-order valence-corrected chi connectivity index (χ4v) is 4.00. The van der Waals surface area contributed by atoms with Gasteiger partial charge in [0, 0.05) is 24.9 Å². The quantitative estimate of drug-likeness (QED) is 0.463. The van der Waals surface area contributed by atoms with Gasteiger partial charge in [-0.15, -0.1) is 0 Å². The van der Waals surface area contributed by atoms with E-state index >= 15 is 0 Å². The van der Waals surface area contributed by atoms with Crippen molar-refractivity contribution in [1.82, 2.24) is 0 Å². The molecule has 0 atom stereocenters. The molecule has 0 saturated heterocycles. The fraction of sp³-hybridized carbons (Fsp3) is 0.560. The van der Waals surface area contributed by atoms with E-state index in [1.165, 1.54) is 34.9 Å². The predicted molar refractivity (Wildman–Crippen MR) is 120 cm³/mol. The van der Waals surface area contributed by atoms with Gasteiger partial charge in [-0.05, 0) is 65.3 Å². The Hall–Kier alpha value is -2.03. The second kappa shape index (κ2) is 8.55. The van der Waals surface area contributed by atoms with Crippen molar-refractivity contribution < 1.29 is 9.90 Å². The average molecular weight is 384 g/mol. The van der Waals surface area contributed by atoms with Crippen molar-refractivity contribution in [3.8, 4) is 0 Å². The highest BCUT2D eigenvalue weighted by molar-refractivity contribution is 5.81. The highest BCUT2D eigenvalue weighted by atomic mass is 16.4. The van der Waals surface area contributed by atoms with Gasteiger partial charge < -0.3 is 10.0 Å². The number of hydrogen-bond acceptors (Lipinski definition) is 2. The number of anilines is 1. The Bertz CT molecular complexity index is 778. The predicted octanol–water partition coefficient (Wildman–Crippen LogP) is 6.01. The molecule has 3 nitrogen and oxygen atoms in total. The van der Waals surface area contributed by atoms with Crippen LogP contribution in [0.3, 0.4) is 0 Å². The van der Waals surface area contributed by atoms with Gasteiger partial charge in [0.15, 0.2) is 0 Å². The molecule has 1 aliphatic rings. The van der Waals surface area contributed by atoms with Gasteiger partial charge in [-0.1, -0.05) is 59.8 Å². The summed E-state index contributed by atoms with van der Waals surface area (Å²) in [6, 6.07) is 4.83. The summed E-state index contributed by atoms with van der Waals surface area (Å²) >= 11 is 0. The van der Waals surface area contributed by atoms with Crippen LogP contribution < -0.4 is 4.90 Å². The maximum absolute atomic E-state index is 10.8. The SMILES string of the molecule is CCCN(C/C=C/C(C)=C/C(=O)O)c1cc(C(C)(C)C)cc2c1CCC2(C)C. The molecule has 0 heterocycles. The molecular weight excluding hydrogens is 346 g/mol. The van der Waals surface area contributed by atoms with Gasteiger partial charge in [0.2, 0.25) is 0 Å². The Morgan fingerprint density at radius 3 is 2.54 bits per heavy atom. The maximum atomic E-state index is 10.8. The molecule has 0 unspecified atom stereocenters. The standard InChI is InChI=1S/C25H37NO2/c1-8-13-26(14-9-10-18(2)15-23(27)28)22-17-19(24(3,4)5)16-21-20(22)11-12-25(21,6)7/h9-10,15-17H,8,11-14H2,1-7H3,(H,27,28)/b10-9+,18-15+. The number of fused-ring (bicyclic) bond motifs is 1. The number of carbonyl (C=O) groups is 1. The minimum atomic E-state index is -0.898. The van der Waals surface area contributed by atoms with Crippen LogP contribution in [0.5, 0.6) is 0 Å². The van der Waals surface area contributed by atoms with Gasteiger partial charge >= 0.3 is 5.97 Å². The summed E-state index contributed by atoms with van der Waals surface area (Å²) in [7, 11) is 0. The first kappa shape index (κ1) is 22.3. The minimum Gasteiger partial charge on any atom is -0.478 e. The Kier molecular flexibility index (Phi) is 6.80. The molecule has 154 valence electrons. The lowest BCUT2D eigenvalue weighted by Gasteiger charge is -2.31. The molecule has 2 rings (SSSR count).